The molecular weight excluding hydrogens is 583 g/mol. The van der Waals surface area contributed by atoms with E-state index in [0.717, 1.165) is 55.5 Å². The van der Waals surface area contributed by atoms with Crippen molar-refractivity contribution in [1.82, 2.24) is 0 Å². The third-order valence-electron chi connectivity index (χ3n) is 9.25. The van der Waals surface area contributed by atoms with Gasteiger partial charge in [-0.15, -0.1) is 0 Å². The van der Waals surface area contributed by atoms with Gasteiger partial charge in [0.05, 0.1) is 16.8 Å². The highest BCUT2D eigenvalue weighted by Gasteiger charge is 2.23. The summed E-state index contributed by atoms with van der Waals surface area (Å²) in [6, 6.07) is 66.8. The number of fused-ring (bicyclic) bond motifs is 5. The van der Waals surface area contributed by atoms with E-state index in [-0.39, 0.29) is 0 Å². The highest BCUT2D eigenvalue weighted by atomic mass is 16.3. The van der Waals surface area contributed by atoms with E-state index in [4.69, 9.17) is 4.42 Å². The zero-order valence-electron chi connectivity index (χ0n) is 26.3. The number of para-hydroxylation sites is 1. The fourth-order valence-electron chi connectivity index (χ4n) is 7.07. The standard InChI is InChI=1S/C46H31NO/c1-4-16-32(17-5-1)35-22-14-23-36(30-35)47(42-27-13-12-24-37(42)33-18-6-2-7-19-33)43-28-15-29-44-45(43)41-31-40(34-20-8-3-9-21-34)38-25-10-11-26-39(38)46(41)48-44/h1-31H. The number of rotatable bonds is 6. The molecule has 0 fully saturated rings. The fraction of sp³-hybridized carbons (Fsp3) is 0. The van der Waals surface area contributed by atoms with Crippen LogP contribution in [0.2, 0.25) is 0 Å². The second-order valence-corrected chi connectivity index (χ2v) is 12.1. The van der Waals surface area contributed by atoms with E-state index in [0.29, 0.717) is 0 Å². The predicted molar refractivity (Wildman–Crippen MR) is 202 cm³/mol. The van der Waals surface area contributed by atoms with Gasteiger partial charge in [0.2, 0.25) is 0 Å². The normalized spacial score (nSPS) is 11.3. The molecule has 2 heteroatoms. The molecule has 0 N–H and O–H groups in total. The van der Waals surface area contributed by atoms with Gasteiger partial charge in [-0.25, -0.2) is 0 Å². The van der Waals surface area contributed by atoms with Crippen molar-refractivity contribution >= 4 is 49.8 Å². The molecule has 1 heterocycles. The van der Waals surface area contributed by atoms with Gasteiger partial charge in [-0.2, -0.15) is 0 Å². The first-order chi connectivity index (χ1) is 23.8. The highest BCUT2D eigenvalue weighted by Crippen LogP contribution is 2.48. The number of furan rings is 1. The summed E-state index contributed by atoms with van der Waals surface area (Å²) < 4.78 is 6.80. The molecule has 2 nitrogen and oxygen atoms in total. The van der Waals surface area contributed by atoms with Gasteiger partial charge in [-0.05, 0) is 69.6 Å². The predicted octanol–water partition coefficient (Wildman–Crippen LogP) is 13.2. The zero-order chi connectivity index (χ0) is 31.9. The van der Waals surface area contributed by atoms with Crippen LogP contribution >= 0.6 is 0 Å². The van der Waals surface area contributed by atoms with Gasteiger partial charge in [-0.1, -0.05) is 152 Å². The molecule has 0 saturated heterocycles. The third-order valence-corrected chi connectivity index (χ3v) is 9.25. The van der Waals surface area contributed by atoms with Crippen LogP contribution in [-0.4, -0.2) is 0 Å². The summed E-state index contributed by atoms with van der Waals surface area (Å²) in [6.07, 6.45) is 0. The summed E-state index contributed by atoms with van der Waals surface area (Å²) in [4.78, 5) is 2.41. The maximum absolute atomic E-state index is 6.80. The summed E-state index contributed by atoms with van der Waals surface area (Å²) in [5, 5.41) is 4.47. The van der Waals surface area contributed by atoms with Gasteiger partial charge in [0.25, 0.3) is 0 Å². The summed E-state index contributed by atoms with van der Waals surface area (Å²) in [5.41, 5.74) is 12.0. The molecule has 8 aromatic carbocycles. The first-order valence-corrected chi connectivity index (χ1v) is 16.4. The topological polar surface area (TPSA) is 16.4 Å². The first-order valence-electron chi connectivity index (χ1n) is 16.4. The average Bonchev–Trinajstić information content (AvgIpc) is 3.56. The Bertz CT molecular complexity index is 2550. The SMILES string of the molecule is c1ccc(-c2cccc(N(c3ccccc3-c3ccccc3)c3cccc4oc5c6ccccc6c(-c6ccccc6)cc5c34)c2)cc1. The number of nitrogens with zero attached hydrogens (tertiary/aromatic N) is 1. The summed E-state index contributed by atoms with van der Waals surface area (Å²) >= 11 is 0. The molecule has 0 radical (unpaired) electrons. The van der Waals surface area contributed by atoms with Gasteiger partial charge in [0, 0.05) is 22.0 Å². The first kappa shape index (κ1) is 27.9. The zero-order valence-corrected chi connectivity index (χ0v) is 26.3. The van der Waals surface area contributed by atoms with Crippen LogP contribution in [0, 0.1) is 0 Å². The van der Waals surface area contributed by atoms with Crippen LogP contribution in [0.4, 0.5) is 17.1 Å². The van der Waals surface area contributed by atoms with E-state index < -0.39 is 0 Å². The number of anilines is 3. The van der Waals surface area contributed by atoms with Crippen molar-refractivity contribution in [3.8, 4) is 33.4 Å². The fourth-order valence-corrected chi connectivity index (χ4v) is 7.07. The number of benzene rings is 8. The van der Waals surface area contributed by atoms with Crippen LogP contribution in [0.1, 0.15) is 0 Å². The lowest BCUT2D eigenvalue weighted by molar-refractivity contribution is 0.672. The number of hydrogen-bond acceptors (Lipinski definition) is 2. The molecule has 48 heavy (non-hydrogen) atoms. The molecular formula is C46H31NO. The molecule has 0 spiro atoms. The van der Waals surface area contributed by atoms with E-state index in [1.807, 2.05) is 0 Å². The van der Waals surface area contributed by atoms with E-state index in [2.05, 4.69) is 193 Å². The monoisotopic (exact) mass is 613 g/mol. The minimum Gasteiger partial charge on any atom is -0.455 e. The minimum atomic E-state index is 0.860. The van der Waals surface area contributed by atoms with Crippen LogP contribution in [0.15, 0.2) is 192 Å². The van der Waals surface area contributed by atoms with Crippen molar-refractivity contribution < 1.29 is 4.42 Å². The largest absolute Gasteiger partial charge is 0.455 e. The van der Waals surface area contributed by atoms with Gasteiger partial charge < -0.3 is 9.32 Å². The maximum Gasteiger partial charge on any atom is 0.143 e. The number of hydrogen-bond donors (Lipinski definition) is 0. The minimum absolute atomic E-state index is 0.860. The molecule has 226 valence electrons. The third kappa shape index (κ3) is 4.74. The summed E-state index contributed by atoms with van der Waals surface area (Å²) in [7, 11) is 0. The van der Waals surface area contributed by atoms with Crippen LogP contribution in [0.25, 0.3) is 66.1 Å². The molecule has 0 atom stereocenters. The van der Waals surface area contributed by atoms with Crippen LogP contribution in [0.3, 0.4) is 0 Å². The van der Waals surface area contributed by atoms with Gasteiger partial charge in [-0.3, -0.25) is 0 Å². The molecule has 9 rings (SSSR count). The Balaban J connectivity index is 1.37. The van der Waals surface area contributed by atoms with Crippen molar-refractivity contribution in [2.45, 2.75) is 0 Å². The molecule has 0 bridgehead atoms. The second-order valence-electron chi connectivity index (χ2n) is 12.1. The smallest absolute Gasteiger partial charge is 0.143 e. The maximum atomic E-state index is 6.80. The molecule has 9 aromatic rings. The van der Waals surface area contributed by atoms with Gasteiger partial charge in [0.1, 0.15) is 11.2 Å². The van der Waals surface area contributed by atoms with E-state index in [1.165, 1.54) is 27.6 Å². The van der Waals surface area contributed by atoms with Crippen LogP contribution in [-0.2, 0) is 0 Å². The second kappa shape index (κ2) is 11.8. The molecule has 0 saturated carbocycles. The average molecular weight is 614 g/mol. The molecule has 0 aliphatic heterocycles. The van der Waals surface area contributed by atoms with E-state index >= 15 is 0 Å². The Morgan fingerprint density at radius 1 is 0.354 bits per heavy atom. The van der Waals surface area contributed by atoms with Gasteiger partial charge >= 0.3 is 0 Å². The Morgan fingerprint density at radius 3 is 1.67 bits per heavy atom. The Kier molecular flexibility index (Phi) is 6.84. The molecule has 1 aromatic heterocycles. The lowest BCUT2D eigenvalue weighted by Gasteiger charge is -2.29. The van der Waals surface area contributed by atoms with E-state index in [9.17, 15) is 0 Å². The van der Waals surface area contributed by atoms with Gasteiger partial charge in [0.15, 0.2) is 0 Å². The summed E-state index contributed by atoms with van der Waals surface area (Å²) in [6.45, 7) is 0. The Hall–Kier alpha value is -6.38. The molecule has 0 aliphatic rings. The van der Waals surface area contributed by atoms with Crippen molar-refractivity contribution in [2.75, 3.05) is 4.90 Å². The van der Waals surface area contributed by atoms with Crippen LogP contribution in [0.5, 0.6) is 0 Å². The Labute approximate surface area is 279 Å². The lowest BCUT2D eigenvalue weighted by Crippen LogP contribution is -2.11. The van der Waals surface area contributed by atoms with Crippen molar-refractivity contribution in [3.63, 3.8) is 0 Å². The van der Waals surface area contributed by atoms with Crippen molar-refractivity contribution in [3.05, 3.63) is 188 Å². The Morgan fingerprint density at radius 2 is 0.917 bits per heavy atom. The van der Waals surface area contributed by atoms with E-state index in [1.54, 1.807) is 0 Å². The van der Waals surface area contributed by atoms with Crippen LogP contribution < -0.4 is 4.90 Å². The molecule has 0 aliphatic carbocycles. The lowest BCUT2D eigenvalue weighted by atomic mass is 9.95. The van der Waals surface area contributed by atoms with Crippen molar-refractivity contribution in [1.29, 1.82) is 0 Å². The summed E-state index contributed by atoms with van der Waals surface area (Å²) in [5.74, 6) is 0. The quantitative estimate of drug-likeness (QED) is 0.185. The highest BCUT2D eigenvalue weighted by molar-refractivity contribution is 6.22. The molecule has 0 amide bonds. The molecule has 0 unspecified atom stereocenters. The van der Waals surface area contributed by atoms with Crippen molar-refractivity contribution in [2.24, 2.45) is 0 Å².